The fourth-order valence-corrected chi connectivity index (χ4v) is 6.09. The lowest BCUT2D eigenvalue weighted by Crippen LogP contribution is -2.27. The second-order valence-corrected chi connectivity index (χ2v) is 11.6. The first kappa shape index (κ1) is 26.7. The van der Waals surface area contributed by atoms with E-state index in [1.165, 1.54) is 4.88 Å². The molecule has 0 saturated heterocycles. The molecule has 4 rings (SSSR count). The molecule has 0 fully saturated rings. The molecule has 0 spiro atoms. The number of carbonyl (C=O) groups excluding carboxylic acids is 2. The van der Waals surface area contributed by atoms with E-state index in [1.807, 2.05) is 55.5 Å². The van der Waals surface area contributed by atoms with E-state index in [2.05, 4.69) is 31.4 Å². The molecule has 0 radical (unpaired) electrons. The molecule has 1 unspecified atom stereocenters. The Bertz CT molecular complexity index is 1240. The summed E-state index contributed by atoms with van der Waals surface area (Å²) < 4.78 is 10.7. The minimum absolute atomic E-state index is 0.147. The first-order valence-electron chi connectivity index (χ1n) is 12.8. The normalized spacial score (nSPS) is 15.0. The van der Waals surface area contributed by atoms with Gasteiger partial charge in [0.05, 0.1) is 25.7 Å². The molecule has 1 aliphatic carbocycles. The molecule has 0 bridgehead atoms. The Morgan fingerprint density at radius 3 is 2.30 bits per heavy atom. The fourth-order valence-electron chi connectivity index (χ4n) is 4.75. The standard InChI is InChI=1S/C30H36N2O4S/c1-6-36-23-14-10-21(11-15-23)31-28(34)27-24-16-9-20(30(2,3)4)18-25(24)37-29(27)32-26(33)17-19-7-12-22(35-5)13-8-19/h7-8,10-15,20H,6,9,16-18H2,1-5H3,(H,31,34)(H,32,33). The number of fused-ring (bicyclic) bond motifs is 1. The van der Waals surface area contributed by atoms with Gasteiger partial charge in [0.2, 0.25) is 5.91 Å². The van der Waals surface area contributed by atoms with Crippen LogP contribution >= 0.6 is 11.3 Å². The van der Waals surface area contributed by atoms with Crippen LogP contribution in [0.1, 0.15) is 60.5 Å². The summed E-state index contributed by atoms with van der Waals surface area (Å²) in [5, 5.41) is 6.71. The van der Waals surface area contributed by atoms with Gasteiger partial charge in [-0.1, -0.05) is 32.9 Å². The van der Waals surface area contributed by atoms with Crippen LogP contribution in [-0.2, 0) is 24.1 Å². The predicted molar refractivity (Wildman–Crippen MR) is 150 cm³/mol. The summed E-state index contributed by atoms with van der Waals surface area (Å²) in [5.41, 5.74) is 3.41. The van der Waals surface area contributed by atoms with Gasteiger partial charge in [-0.25, -0.2) is 0 Å². The third kappa shape index (κ3) is 6.52. The lowest BCUT2D eigenvalue weighted by molar-refractivity contribution is -0.115. The van der Waals surface area contributed by atoms with E-state index in [4.69, 9.17) is 9.47 Å². The second kappa shape index (κ2) is 11.4. The predicted octanol–water partition coefficient (Wildman–Crippen LogP) is 6.74. The Hall–Kier alpha value is -3.32. The zero-order chi connectivity index (χ0) is 26.6. The highest BCUT2D eigenvalue weighted by molar-refractivity contribution is 7.17. The van der Waals surface area contributed by atoms with Crippen molar-refractivity contribution in [2.75, 3.05) is 24.4 Å². The molecule has 1 aliphatic rings. The number of nitrogens with one attached hydrogen (secondary N) is 2. The number of hydrogen-bond donors (Lipinski definition) is 2. The van der Waals surface area contributed by atoms with Crippen molar-refractivity contribution >= 4 is 33.8 Å². The van der Waals surface area contributed by atoms with Gasteiger partial charge in [-0.05, 0) is 85.0 Å². The number of thiophene rings is 1. The van der Waals surface area contributed by atoms with Crippen LogP contribution in [0.3, 0.4) is 0 Å². The largest absolute Gasteiger partial charge is 0.497 e. The monoisotopic (exact) mass is 520 g/mol. The zero-order valence-electron chi connectivity index (χ0n) is 22.3. The van der Waals surface area contributed by atoms with Crippen LogP contribution in [0.15, 0.2) is 48.5 Å². The molecule has 0 saturated carbocycles. The fraction of sp³-hybridized carbons (Fsp3) is 0.400. The highest BCUT2D eigenvalue weighted by atomic mass is 32.1. The van der Waals surface area contributed by atoms with Gasteiger partial charge >= 0.3 is 0 Å². The molecule has 0 aliphatic heterocycles. The summed E-state index contributed by atoms with van der Waals surface area (Å²) in [6, 6.07) is 14.8. The van der Waals surface area contributed by atoms with Crippen molar-refractivity contribution in [1.29, 1.82) is 0 Å². The average molecular weight is 521 g/mol. The van der Waals surface area contributed by atoms with Gasteiger partial charge in [-0.3, -0.25) is 9.59 Å². The third-order valence-corrected chi connectivity index (χ3v) is 8.09. The number of benzene rings is 2. The van der Waals surface area contributed by atoms with E-state index in [-0.39, 0.29) is 23.7 Å². The number of ether oxygens (including phenoxy) is 2. The Morgan fingerprint density at radius 1 is 1.00 bits per heavy atom. The van der Waals surface area contributed by atoms with Crippen LogP contribution in [-0.4, -0.2) is 25.5 Å². The lowest BCUT2D eigenvalue weighted by Gasteiger charge is -2.33. The Labute approximate surface area is 223 Å². The van der Waals surface area contributed by atoms with Gasteiger partial charge in [0.1, 0.15) is 16.5 Å². The number of rotatable bonds is 8. The second-order valence-electron chi connectivity index (χ2n) is 10.5. The zero-order valence-corrected chi connectivity index (χ0v) is 23.1. The van der Waals surface area contributed by atoms with Crippen LogP contribution in [0, 0.1) is 11.3 Å². The first-order chi connectivity index (χ1) is 17.7. The molecule has 6 nitrogen and oxygen atoms in total. The van der Waals surface area contributed by atoms with Crippen molar-refractivity contribution in [1.82, 2.24) is 0 Å². The van der Waals surface area contributed by atoms with Gasteiger partial charge < -0.3 is 20.1 Å². The quantitative estimate of drug-likeness (QED) is 0.345. The van der Waals surface area contributed by atoms with Gasteiger partial charge in [0.25, 0.3) is 5.91 Å². The van der Waals surface area contributed by atoms with Crippen LogP contribution in [0.5, 0.6) is 11.5 Å². The summed E-state index contributed by atoms with van der Waals surface area (Å²) in [4.78, 5) is 27.8. The highest BCUT2D eigenvalue weighted by Gasteiger charge is 2.34. The summed E-state index contributed by atoms with van der Waals surface area (Å²) in [5.74, 6) is 1.69. The maximum atomic E-state index is 13.6. The van der Waals surface area contributed by atoms with Gasteiger partial charge in [-0.15, -0.1) is 11.3 Å². The molecule has 37 heavy (non-hydrogen) atoms. The molecule has 2 amide bonds. The van der Waals surface area contributed by atoms with Crippen molar-refractivity contribution in [2.24, 2.45) is 11.3 Å². The van der Waals surface area contributed by atoms with Crippen molar-refractivity contribution in [3.63, 3.8) is 0 Å². The van der Waals surface area contributed by atoms with Crippen LogP contribution < -0.4 is 20.1 Å². The molecular weight excluding hydrogens is 484 g/mol. The van der Waals surface area contributed by atoms with Gasteiger partial charge in [0, 0.05) is 10.6 Å². The number of amides is 2. The van der Waals surface area contributed by atoms with E-state index < -0.39 is 0 Å². The van der Waals surface area contributed by atoms with Gasteiger partial charge in [-0.2, -0.15) is 0 Å². The van der Waals surface area contributed by atoms with Crippen LogP contribution in [0.25, 0.3) is 0 Å². The number of hydrogen-bond acceptors (Lipinski definition) is 5. The SMILES string of the molecule is CCOc1ccc(NC(=O)c2c(NC(=O)Cc3ccc(OC)cc3)sc3c2CCC(C(C)(C)C)C3)cc1. The first-order valence-corrected chi connectivity index (χ1v) is 13.6. The molecule has 1 aromatic heterocycles. The van der Waals surface area contributed by atoms with E-state index in [0.717, 1.165) is 41.9 Å². The molecular formula is C30H36N2O4S. The molecule has 3 aromatic rings. The summed E-state index contributed by atoms with van der Waals surface area (Å²) in [6.07, 6.45) is 2.99. The minimum Gasteiger partial charge on any atom is -0.497 e. The molecule has 2 aromatic carbocycles. The van der Waals surface area contributed by atoms with E-state index in [9.17, 15) is 9.59 Å². The maximum Gasteiger partial charge on any atom is 0.258 e. The molecule has 1 heterocycles. The highest BCUT2D eigenvalue weighted by Crippen LogP contribution is 2.44. The Kier molecular flexibility index (Phi) is 8.22. The van der Waals surface area contributed by atoms with Crippen molar-refractivity contribution in [3.05, 3.63) is 70.1 Å². The third-order valence-electron chi connectivity index (χ3n) is 6.92. The van der Waals surface area contributed by atoms with Crippen molar-refractivity contribution in [3.8, 4) is 11.5 Å². The average Bonchev–Trinajstić information content (AvgIpc) is 3.22. The van der Waals surface area contributed by atoms with Crippen LogP contribution in [0.2, 0.25) is 0 Å². The number of carbonyl (C=O) groups is 2. The van der Waals surface area contributed by atoms with E-state index in [1.54, 1.807) is 18.4 Å². The molecule has 7 heteroatoms. The summed E-state index contributed by atoms with van der Waals surface area (Å²) >= 11 is 1.54. The van der Waals surface area contributed by atoms with Gasteiger partial charge in [0.15, 0.2) is 0 Å². The number of anilines is 2. The summed E-state index contributed by atoms with van der Waals surface area (Å²) in [6.45, 7) is 9.33. The summed E-state index contributed by atoms with van der Waals surface area (Å²) in [7, 11) is 1.62. The topological polar surface area (TPSA) is 76.7 Å². The number of methoxy groups -OCH3 is 1. The smallest absolute Gasteiger partial charge is 0.258 e. The lowest BCUT2D eigenvalue weighted by atomic mass is 9.72. The molecule has 196 valence electrons. The maximum absolute atomic E-state index is 13.6. The molecule has 2 N–H and O–H groups in total. The van der Waals surface area contributed by atoms with Crippen molar-refractivity contribution < 1.29 is 19.1 Å². The Balaban J connectivity index is 1.58. The minimum atomic E-state index is -0.199. The van der Waals surface area contributed by atoms with Crippen molar-refractivity contribution in [2.45, 2.75) is 53.4 Å². The van der Waals surface area contributed by atoms with Crippen LogP contribution in [0.4, 0.5) is 10.7 Å². The van der Waals surface area contributed by atoms with E-state index in [0.29, 0.717) is 28.8 Å². The Morgan fingerprint density at radius 2 is 1.68 bits per heavy atom. The molecule has 1 atom stereocenters. The van der Waals surface area contributed by atoms with E-state index >= 15 is 0 Å².